The Kier molecular flexibility index (Phi) is 7.90. The van der Waals surface area contributed by atoms with E-state index < -0.39 is 29.4 Å². The highest BCUT2D eigenvalue weighted by Crippen LogP contribution is 2.23. The van der Waals surface area contributed by atoms with Crippen LogP contribution in [0.5, 0.6) is 0 Å². The SMILES string of the molecule is CCn1ccc(C[C@H](NC(=O)OC(C)(C)C)c2cc(-c3ccc(NC(=O)OC)cc3)c(=O)[nH]n2)n1. The molecule has 0 fully saturated rings. The highest BCUT2D eigenvalue weighted by molar-refractivity contribution is 5.85. The topological polar surface area (TPSA) is 140 Å². The molecule has 3 aromatic rings. The summed E-state index contributed by atoms with van der Waals surface area (Å²) in [6, 6.07) is 9.57. The largest absolute Gasteiger partial charge is 0.453 e. The zero-order valence-electron chi connectivity index (χ0n) is 20.4. The molecule has 0 aliphatic carbocycles. The molecular formula is C24H30N6O5. The first-order chi connectivity index (χ1) is 16.6. The molecule has 0 unspecified atom stereocenters. The van der Waals surface area contributed by atoms with E-state index in [-0.39, 0.29) is 0 Å². The Hall–Kier alpha value is -4.15. The summed E-state index contributed by atoms with van der Waals surface area (Å²) in [6.07, 6.45) is 0.996. The van der Waals surface area contributed by atoms with Gasteiger partial charge in [-0.15, -0.1) is 0 Å². The number of carbonyl (C=O) groups is 2. The van der Waals surface area contributed by atoms with Crippen molar-refractivity contribution in [1.29, 1.82) is 0 Å². The fourth-order valence-electron chi connectivity index (χ4n) is 3.29. The lowest BCUT2D eigenvalue weighted by atomic mass is 10.0. The third kappa shape index (κ3) is 7.16. The first-order valence-corrected chi connectivity index (χ1v) is 11.1. The maximum atomic E-state index is 12.6. The van der Waals surface area contributed by atoms with Gasteiger partial charge < -0.3 is 14.8 Å². The molecular weight excluding hydrogens is 452 g/mol. The lowest BCUT2D eigenvalue weighted by molar-refractivity contribution is 0.0501. The van der Waals surface area contributed by atoms with Gasteiger partial charge in [0.15, 0.2) is 0 Å². The van der Waals surface area contributed by atoms with Gasteiger partial charge in [-0.25, -0.2) is 14.7 Å². The van der Waals surface area contributed by atoms with Gasteiger partial charge in [0.1, 0.15) is 5.60 Å². The quantitative estimate of drug-likeness (QED) is 0.467. The van der Waals surface area contributed by atoms with Crippen molar-refractivity contribution in [2.75, 3.05) is 12.4 Å². The maximum Gasteiger partial charge on any atom is 0.411 e. The fraction of sp³-hybridized carbons (Fsp3) is 0.375. The maximum absolute atomic E-state index is 12.6. The molecule has 186 valence electrons. The first kappa shape index (κ1) is 25.5. The third-order valence-corrected chi connectivity index (χ3v) is 4.93. The molecule has 35 heavy (non-hydrogen) atoms. The van der Waals surface area contributed by atoms with Gasteiger partial charge in [0.05, 0.1) is 30.1 Å². The number of H-pyrrole nitrogens is 1. The summed E-state index contributed by atoms with van der Waals surface area (Å²) >= 11 is 0. The minimum Gasteiger partial charge on any atom is -0.453 e. The van der Waals surface area contributed by atoms with Crippen molar-refractivity contribution in [1.82, 2.24) is 25.3 Å². The molecule has 0 aliphatic rings. The molecule has 11 nitrogen and oxygen atoms in total. The van der Waals surface area contributed by atoms with Crippen LogP contribution in [0.1, 0.15) is 45.1 Å². The average molecular weight is 483 g/mol. The molecule has 1 atom stereocenters. The number of carbonyl (C=O) groups excluding carboxylic acids is 2. The van der Waals surface area contributed by atoms with Crippen LogP contribution in [0, 0.1) is 0 Å². The third-order valence-electron chi connectivity index (χ3n) is 4.93. The number of aromatic nitrogens is 4. The summed E-state index contributed by atoms with van der Waals surface area (Å²) in [6.45, 7) is 8.03. The molecule has 0 saturated carbocycles. The molecule has 2 heterocycles. The Balaban J connectivity index is 1.92. The summed E-state index contributed by atoms with van der Waals surface area (Å²) in [4.78, 5) is 36.5. The summed E-state index contributed by atoms with van der Waals surface area (Å²) in [7, 11) is 1.27. The molecule has 0 aliphatic heterocycles. The Labute approximate surface area is 202 Å². The van der Waals surface area contributed by atoms with Crippen molar-refractivity contribution in [3.63, 3.8) is 0 Å². The summed E-state index contributed by atoms with van der Waals surface area (Å²) in [5.41, 5.74) is 1.60. The van der Waals surface area contributed by atoms with Gasteiger partial charge in [-0.05, 0) is 57.5 Å². The summed E-state index contributed by atoms with van der Waals surface area (Å²) in [5, 5.41) is 16.6. The van der Waals surface area contributed by atoms with Crippen LogP contribution in [0.2, 0.25) is 0 Å². The van der Waals surface area contributed by atoms with Crippen LogP contribution in [-0.4, -0.2) is 44.9 Å². The second kappa shape index (κ2) is 10.9. The fourth-order valence-corrected chi connectivity index (χ4v) is 3.29. The van der Waals surface area contributed by atoms with E-state index in [0.717, 1.165) is 5.69 Å². The van der Waals surface area contributed by atoms with Gasteiger partial charge >= 0.3 is 12.2 Å². The number of alkyl carbamates (subject to hydrolysis) is 1. The Bertz CT molecular complexity index is 1230. The van der Waals surface area contributed by atoms with Crippen LogP contribution in [0.4, 0.5) is 15.3 Å². The van der Waals surface area contributed by atoms with Crippen LogP contribution < -0.4 is 16.2 Å². The van der Waals surface area contributed by atoms with Gasteiger partial charge in [0.25, 0.3) is 5.56 Å². The Morgan fingerprint density at radius 1 is 1.14 bits per heavy atom. The van der Waals surface area contributed by atoms with Gasteiger partial charge in [-0.1, -0.05) is 12.1 Å². The molecule has 0 saturated heterocycles. The molecule has 0 radical (unpaired) electrons. The van der Waals surface area contributed by atoms with Crippen molar-refractivity contribution < 1.29 is 19.1 Å². The lowest BCUT2D eigenvalue weighted by Crippen LogP contribution is -2.36. The van der Waals surface area contributed by atoms with Crippen LogP contribution >= 0.6 is 0 Å². The van der Waals surface area contributed by atoms with Crippen LogP contribution in [0.3, 0.4) is 0 Å². The van der Waals surface area contributed by atoms with Crippen molar-refractivity contribution in [2.45, 2.75) is 52.3 Å². The monoisotopic (exact) mass is 482 g/mol. The molecule has 3 N–H and O–H groups in total. The number of hydrogen-bond acceptors (Lipinski definition) is 7. The van der Waals surface area contributed by atoms with E-state index in [1.54, 1.807) is 55.8 Å². The zero-order valence-corrected chi connectivity index (χ0v) is 20.4. The standard InChI is InChI=1S/C24H30N6O5/c1-6-30-12-11-17(29-30)13-19(26-23(33)35-24(2,3)4)20-14-18(21(31)28-27-20)15-7-9-16(10-8-15)25-22(32)34-5/h7-12,14,19H,6,13H2,1-5H3,(H,25,32)(H,26,33)(H,28,31)/t19-/m0/s1. The summed E-state index contributed by atoms with van der Waals surface area (Å²) < 4.78 is 11.8. The second-order valence-electron chi connectivity index (χ2n) is 8.80. The van der Waals surface area contributed by atoms with E-state index in [4.69, 9.17) is 4.74 Å². The number of aryl methyl sites for hydroxylation is 1. The van der Waals surface area contributed by atoms with E-state index in [2.05, 4.69) is 30.7 Å². The minimum atomic E-state index is -0.679. The van der Waals surface area contributed by atoms with E-state index in [9.17, 15) is 14.4 Å². The molecule has 0 bridgehead atoms. The molecule has 0 spiro atoms. The highest BCUT2D eigenvalue weighted by Gasteiger charge is 2.24. The lowest BCUT2D eigenvalue weighted by Gasteiger charge is -2.23. The van der Waals surface area contributed by atoms with Gasteiger partial charge in [0.2, 0.25) is 0 Å². The molecule has 2 aromatic heterocycles. The van der Waals surface area contributed by atoms with Crippen LogP contribution in [-0.2, 0) is 22.4 Å². The van der Waals surface area contributed by atoms with Gasteiger partial charge in [-0.3, -0.25) is 14.8 Å². The number of rotatable bonds is 7. The van der Waals surface area contributed by atoms with Crippen molar-refractivity contribution in [2.24, 2.45) is 0 Å². The van der Waals surface area contributed by atoms with E-state index in [1.807, 2.05) is 19.2 Å². The number of ether oxygens (including phenoxy) is 2. The first-order valence-electron chi connectivity index (χ1n) is 11.1. The number of hydrogen-bond donors (Lipinski definition) is 3. The average Bonchev–Trinajstić information content (AvgIpc) is 3.26. The number of anilines is 1. The van der Waals surface area contributed by atoms with E-state index >= 15 is 0 Å². The molecule has 2 amide bonds. The second-order valence-corrected chi connectivity index (χ2v) is 8.80. The molecule has 3 rings (SSSR count). The summed E-state index contributed by atoms with van der Waals surface area (Å²) in [5.74, 6) is 0. The number of benzene rings is 1. The number of amides is 2. The Morgan fingerprint density at radius 3 is 2.46 bits per heavy atom. The number of aromatic amines is 1. The van der Waals surface area contributed by atoms with Crippen molar-refractivity contribution in [3.05, 3.63) is 64.3 Å². The van der Waals surface area contributed by atoms with Crippen molar-refractivity contribution >= 4 is 17.9 Å². The van der Waals surface area contributed by atoms with Gasteiger partial charge in [-0.2, -0.15) is 10.2 Å². The smallest absolute Gasteiger partial charge is 0.411 e. The molecule has 1 aromatic carbocycles. The Morgan fingerprint density at radius 2 is 1.86 bits per heavy atom. The van der Waals surface area contributed by atoms with Crippen LogP contribution in [0.25, 0.3) is 11.1 Å². The molecule has 11 heteroatoms. The zero-order chi connectivity index (χ0) is 25.6. The predicted octanol–water partition coefficient (Wildman–Crippen LogP) is 3.64. The van der Waals surface area contributed by atoms with Crippen molar-refractivity contribution in [3.8, 4) is 11.1 Å². The number of methoxy groups -OCH3 is 1. The normalized spacial score (nSPS) is 12.0. The van der Waals surface area contributed by atoms with E-state index in [1.165, 1.54) is 7.11 Å². The number of nitrogens with zero attached hydrogens (tertiary/aromatic N) is 3. The van der Waals surface area contributed by atoms with E-state index in [0.29, 0.717) is 35.5 Å². The van der Waals surface area contributed by atoms with Crippen LogP contribution in [0.15, 0.2) is 47.4 Å². The predicted molar refractivity (Wildman–Crippen MR) is 130 cm³/mol. The highest BCUT2D eigenvalue weighted by atomic mass is 16.6. The minimum absolute atomic E-state index is 0.340. The number of nitrogens with one attached hydrogen (secondary N) is 3. The van der Waals surface area contributed by atoms with Gasteiger partial charge in [0, 0.05) is 24.8 Å².